The van der Waals surface area contributed by atoms with E-state index in [9.17, 15) is 4.79 Å². The van der Waals surface area contributed by atoms with Crippen molar-refractivity contribution in [3.8, 4) is 0 Å². The van der Waals surface area contributed by atoms with Crippen molar-refractivity contribution in [1.82, 2.24) is 10.6 Å². The molecule has 4 N–H and O–H groups in total. The molecule has 0 fully saturated rings. The molecule has 4 nitrogen and oxygen atoms in total. The summed E-state index contributed by atoms with van der Waals surface area (Å²) in [4.78, 5) is 11.5. The molecule has 0 aromatic heterocycles. The lowest BCUT2D eigenvalue weighted by Gasteiger charge is -2.16. The summed E-state index contributed by atoms with van der Waals surface area (Å²) in [5.41, 5.74) is 5.59. The normalized spacial score (nSPS) is 12.5. The Morgan fingerprint density at radius 1 is 1.40 bits per heavy atom. The van der Waals surface area contributed by atoms with E-state index in [0.717, 1.165) is 32.2 Å². The summed E-state index contributed by atoms with van der Waals surface area (Å²) in [5.74, 6) is 0.122. The predicted molar refractivity (Wildman–Crippen MR) is 63.7 cm³/mol. The fourth-order valence-corrected chi connectivity index (χ4v) is 1.43. The number of rotatable bonds is 9. The summed E-state index contributed by atoms with van der Waals surface area (Å²) in [6, 6.07) is 0.159. The van der Waals surface area contributed by atoms with Crippen molar-refractivity contribution >= 4 is 5.91 Å². The fraction of sp³-hybridized carbons (Fsp3) is 0.909. The summed E-state index contributed by atoms with van der Waals surface area (Å²) in [7, 11) is 1.89. The number of nitrogens with two attached hydrogens (primary N) is 1. The molecule has 1 amide bonds. The zero-order valence-corrected chi connectivity index (χ0v) is 10.0. The molecule has 0 heterocycles. The summed E-state index contributed by atoms with van der Waals surface area (Å²) in [6.45, 7) is 3.57. The molecule has 0 aliphatic heterocycles. The van der Waals surface area contributed by atoms with Crippen LogP contribution in [-0.2, 0) is 4.79 Å². The van der Waals surface area contributed by atoms with Crippen LogP contribution in [-0.4, -0.2) is 32.1 Å². The molecule has 0 rings (SSSR count). The van der Waals surface area contributed by atoms with Crippen LogP contribution in [0, 0.1) is 0 Å². The highest BCUT2D eigenvalue weighted by molar-refractivity contribution is 5.76. The molecule has 15 heavy (non-hydrogen) atoms. The van der Waals surface area contributed by atoms with Crippen LogP contribution in [0.4, 0.5) is 0 Å². The lowest BCUT2D eigenvalue weighted by atomic mass is 10.1. The van der Waals surface area contributed by atoms with E-state index >= 15 is 0 Å². The van der Waals surface area contributed by atoms with Crippen molar-refractivity contribution < 1.29 is 4.79 Å². The van der Waals surface area contributed by atoms with Crippen molar-refractivity contribution in [3.05, 3.63) is 0 Å². The Labute approximate surface area is 93.0 Å². The molecule has 4 heteroatoms. The van der Waals surface area contributed by atoms with Gasteiger partial charge in [-0.3, -0.25) is 4.79 Å². The van der Waals surface area contributed by atoms with Crippen molar-refractivity contribution in [2.24, 2.45) is 5.73 Å². The van der Waals surface area contributed by atoms with E-state index in [0.29, 0.717) is 13.0 Å². The van der Waals surface area contributed by atoms with E-state index in [2.05, 4.69) is 17.6 Å². The maximum absolute atomic E-state index is 11.5. The summed E-state index contributed by atoms with van der Waals surface area (Å²) < 4.78 is 0. The molecule has 0 saturated carbocycles. The molecular formula is C11H25N3O. The number of hydrogen-bond donors (Lipinski definition) is 3. The van der Waals surface area contributed by atoms with Gasteiger partial charge in [0.25, 0.3) is 0 Å². The number of amides is 1. The number of hydrogen-bond acceptors (Lipinski definition) is 3. The third-order valence-corrected chi connectivity index (χ3v) is 2.39. The molecule has 1 atom stereocenters. The highest BCUT2D eigenvalue weighted by Gasteiger charge is 2.09. The van der Waals surface area contributed by atoms with E-state index < -0.39 is 0 Å². The van der Waals surface area contributed by atoms with Gasteiger partial charge in [-0.15, -0.1) is 0 Å². The number of carbonyl (C=O) groups excluding carboxylic acids is 1. The maximum atomic E-state index is 11.5. The third kappa shape index (κ3) is 8.39. The van der Waals surface area contributed by atoms with E-state index in [1.54, 1.807) is 0 Å². The standard InChI is InChI=1S/C11H25N3O/c1-3-4-6-10(9-12)14-11(15)7-5-8-13-2/h10,13H,3-9,12H2,1-2H3,(H,14,15). The predicted octanol–water partition coefficient (Wildman–Crippen LogP) is 0.620. The molecule has 1 unspecified atom stereocenters. The minimum absolute atomic E-state index is 0.122. The zero-order valence-electron chi connectivity index (χ0n) is 10.0. The van der Waals surface area contributed by atoms with Crippen LogP contribution in [0.15, 0.2) is 0 Å². The van der Waals surface area contributed by atoms with Gasteiger partial charge in [-0.2, -0.15) is 0 Å². The van der Waals surface area contributed by atoms with Gasteiger partial charge in [0.1, 0.15) is 0 Å². The van der Waals surface area contributed by atoms with E-state index in [1.165, 1.54) is 0 Å². The number of nitrogens with one attached hydrogen (secondary N) is 2. The topological polar surface area (TPSA) is 67.1 Å². The van der Waals surface area contributed by atoms with Gasteiger partial charge in [0.15, 0.2) is 0 Å². The van der Waals surface area contributed by atoms with Crippen LogP contribution in [0.2, 0.25) is 0 Å². The summed E-state index contributed by atoms with van der Waals surface area (Å²) >= 11 is 0. The Bertz CT molecular complexity index is 162. The van der Waals surface area contributed by atoms with Crippen LogP contribution < -0.4 is 16.4 Å². The van der Waals surface area contributed by atoms with Gasteiger partial charge in [0.2, 0.25) is 5.91 Å². The van der Waals surface area contributed by atoms with Crippen LogP contribution in [0.1, 0.15) is 39.0 Å². The summed E-state index contributed by atoms with van der Waals surface area (Å²) in [5, 5.41) is 5.99. The molecule has 0 saturated heterocycles. The van der Waals surface area contributed by atoms with E-state index in [-0.39, 0.29) is 11.9 Å². The van der Waals surface area contributed by atoms with Crippen LogP contribution in [0.3, 0.4) is 0 Å². The minimum atomic E-state index is 0.122. The van der Waals surface area contributed by atoms with Crippen molar-refractivity contribution in [2.75, 3.05) is 20.1 Å². The van der Waals surface area contributed by atoms with Gasteiger partial charge in [0, 0.05) is 19.0 Å². The van der Waals surface area contributed by atoms with Crippen LogP contribution in [0.5, 0.6) is 0 Å². The Kier molecular flexibility index (Phi) is 9.52. The van der Waals surface area contributed by atoms with Gasteiger partial charge in [0.05, 0.1) is 0 Å². The Balaban J connectivity index is 3.60. The summed E-state index contributed by atoms with van der Waals surface area (Å²) in [6.07, 6.45) is 4.73. The first-order chi connectivity index (χ1) is 7.24. The molecule has 0 radical (unpaired) electrons. The lowest BCUT2D eigenvalue weighted by Crippen LogP contribution is -2.40. The number of unbranched alkanes of at least 4 members (excludes halogenated alkanes) is 1. The molecule has 0 spiro atoms. The Morgan fingerprint density at radius 2 is 2.13 bits per heavy atom. The number of carbonyl (C=O) groups is 1. The molecule has 0 aromatic carbocycles. The molecule has 0 aliphatic rings. The van der Waals surface area contributed by atoms with Crippen molar-refractivity contribution in [3.63, 3.8) is 0 Å². The van der Waals surface area contributed by atoms with Gasteiger partial charge < -0.3 is 16.4 Å². The monoisotopic (exact) mass is 215 g/mol. The first-order valence-electron chi connectivity index (χ1n) is 5.88. The maximum Gasteiger partial charge on any atom is 0.220 e. The highest BCUT2D eigenvalue weighted by Crippen LogP contribution is 2.00. The highest BCUT2D eigenvalue weighted by atomic mass is 16.1. The Morgan fingerprint density at radius 3 is 2.67 bits per heavy atom. The molecular weight excluding hydrogens is 190 g/mol. The SMILES string of the molecule is CCCCC(CN)NC(=O)CCCNC. The quantitative estimate of drug-likeness (QED) is 0.494. The second-order valence-corrected chi connectivity index (χ2v) is 3.85. The fourth-order valence-electron chi connectivity index (χ4n) is 1.43. The first-order valence-corrected chi connectivity index (χ1v) is 5.88. The molecule has 90 valence electrons. The van der Waals surface area contributed by atoms with Crippen molar-refractivity contribution in [2.45, 2.75) is 45.1 Å². The van der Waals surface area contributed by atoms with Crippen LogP contribution >= 0.6 is 0 Å². The smallest absolute Gasteiger partial charge is 0.220 e. The Hall–Kier alpha value is -0.610. The lowest BCUT2D eigenvalue weighted by molar-refractivity contribution is -0.121. The van der Waals surface area contributed by atoms with Gasteiger partial charge >= 0.3 is 0 Å². The second-order valence-electron chi connectivity index (χ2n) is 3.85. The van der Waals surface area contributed by atoms with Crippen LogP contribution in [0.25, 0.3) is 0 Å². The van der Waals surface area contributed by atoms with Gasteiger partial charge in [-0.25, -0.2) is 0 Å². The van der Waals surface area contributed by atoms with E-state index in [4.69, 9.17) is 5.73 Å². The largest absolute Gasteiger partial charge is 0.352 e. The minimum Gasteiger partial charge on any atom is -0.352 e. The van der Waals surface area contributed by atoms with Crippen molar-refractivity contribution in [1.29, 1.82) is 0 Å². The van der Waals surface area contributed by atoms with Gasteiger partial charge in [-0.1, -0.05) is 19.8 Å². The molecule has 0 bridgehead atoms. The first kappa shape index (κ1) is 14.4. The average molecular weight is 215 g/mol. The second kappa shape index (κ2) is 9.93. The molecule has 0 aromatic rings. The molecule has 0 aliphatic carbocycles. The third-order valence-electron chi connectivity index (χ3n) is 2.39. The average Bonchev–Trinajstić information content (AvgIpc) is 2.24. The van der Waals surface area contributed by atoms with E-state index in [1.807, 2.05) is 7.05 Å². The van der Waals surface area contributed by atoms with Gasteiger partial charge in [-0.05, 0) is 26.4 Å². The zero-order chi connectivity index (χ0) is 11.5.